The summed E-state index contributed by atoms with van der Waals surface area (Å²) in [6.07, 6.45) is 4.63. The predicted molar refractivity (Wildman–Crippen MR) is 79.0 cm³/mol. The molecule has 2 rings (SSSR count). The maximum Gasteiger partial charge on any atom is 0.244 e. The van der Waals surface area contributed by atoms with Crippen LogP contribution < -0.4 is 10.6 Å². The van der Waals surface area contributed by atoms with Crippen molar-refractivity contribution in [3.05, 3.63) is 66.1 Å². The van der Waals surface area contributed by atoms with Crippen LogP contribution in [0.15, 0.2) is 59.2 Å². The molecule has 5 nitrogen and oxygen atoms in total. The third kappa shape index (κ3) is 5.36. The minimum absolute atomic E-state index is 0.0708. The number of furan rings is 1. The van der Waals surface area contributed by atoms with Gasteiger partial charge in [-0.3, -0.25) is 9.59 Å². The normalized spacial score (nSPS) is 10.5. The lowest BCUT2D eigenvalue weighted by molar-refractivity contribution is -0.124. The van der Waals surface area contributed by atoms with Gasteiger partial charge < -0.3 is 15.1 Å². The van der Waals surface area contributed by atoms with Crippen molar-refractivity contribution >= 4 is 17.9 Å². The second-order valence-electron chi connectivity index (χ2n) is 4.32. The fourth-order valence-corrected chi connectivity index (χ4v) is 1.62. The minimum atomic E-state index is -0.313. The molecule has 1 heterocycles. The molecule has 0 saturated carbocycles. The van der Waals surface area contributed by atoms with Crippen LogP contribution in [-0.4, -0.2) is 18.4 Å². The smallest absolute Gasteiger partial charge is 0.244 e. The first-order valence-electron chi connectivity index (χ1n) is 6.54. The maximum absolute atomic E-state index is 11.6. The van der Waals surface area contributed by atoms with Crippen molar-refractivity contribution < 1.29 is 14.0 Å². The molecule has 0 bridgehead atoms. The zero-order valence-electron chi connectivity index (χ0n) is 11.4. The van der Waals surface area contributed by atoms with Crippen LogP contribution in [0.3, 0.4) is 0 Å². The Hall–Kier alpha value is -2.82. The predicted octanol–water partition coefficient (Wildman–Crippen LogP) is 1.73. The van der Waals surface area contributed by atoms with E-state index in [9.17, 15) is 9.59 Å². The standard InChI is InChI=1S/C16H16N2O3/c19-15(9-8-13-5-2-1-3-6-13)18-12-16(20)17-11-14-7-4-10-21-14/h1-10H,11-12H2,(H,17,20)(H,18,19). The summed E-state index contributed by atoms with van der Waals surface area (Å²) in [5, 5.41) is 5.16. The summed E-state index contributed by atoms with van der Waals surface area (Å²) in [7, 11) is 0. The molecule has 0 saturated heterocycles. The molecule has 5 heteroatoms. The van der Waals surface area contributed by atoms with Gasteiger partial charge in [-0.2, -0.15) is 0 Å². The van der Waals surface area contributed by atoms with Gasteiger partial charge in [-0.15, -0.1) is 0 Å². The average Bonchev–Trinajstić information content (AvgIpc) is 3.03. The molecule has 0 unspecified atom stereocenters. The quantitative estimate of drug-likeness (QED) is 0.793. The van der Waals surface area contributed by atoms with Crippen molar-refractivity contribution in [2.45, 2.75) is 6.54 Å². The average molecular weight is 284 g/mol. The van der Waals surface area contributed by atoms with Crippen LogP contribution in [0.25, 0.3) is 6.08 Å². The molecule has 2 N–H and O–H groups in total. The Labute approximate surface area is 122 Å². The highest BCUT2D eigenvalue weighted by atomic mass is 16.3. The highest BCUT2D eigenvalue weighted by Gasteiger charge is 2.03. The van der Waals surface area contributed by atoms with Gasteiger partial charge in [0.15, 0.2) is 0 Å². The molecule has 1 aromatic heterocycles. The molecule has 0 aliphatic heterocycles. The van der Waals surface area contributed by atoms with Crippen LogP contribution >= 0.6 is 0 Å². The fourth-order valence-electron chi connectivity index (χ4n) is 1.62. The number of carbonyl (C=O) groups excluding carboxylic acids is 2. The van der Waals surface area contributed by atoms with Crippen LogP contribution in [0.4, 0.5) is 0 Å². The lowest BCUT2D eigenvalue weighted by atomic mass is 10.2. The molecular formula is C16H16N2O3. The van der Waals surface area contributed by atoms with Gasteiger partial charge in [-0.25, -0.2) is 0 Å². The molecule has 1 aromatic carbocycles. The summed E-state index contributed by atoms with van der Waals surface area (Å²) >= 11 is 0. The van der Waals surface area contributed by atoms with E-state index in [2.05, 4.69) is 10.6 Å². The molecule has 2 aromatic rings. The van der Waals surface area contributed by atoms with Crippen molar-refractivity contribution in [1.82, 2.24) is 10.6 Å². The molecule has 0 radical (unpaired) electrons. The number of amides is 2. The van der Waals surface area contributed by atoms with Crippen LogP contribution in [0.2, 0.25) is 0 Å². The first-order valence-corrected chi connectivity index (χ1v) is 6.54. The van der Waals surface area contributed by atoms with Gasteiger partial charge in [-0.1, -0.05) is 30.3 Å². The minimum Gasteiger partial charge on any atom is -0.467 e. The van der Waals surface area contributed by atoms with E-state index < -0.39 is 0 Å². The Morgan fingerprint density at radius 1 is 1.05 bits per heavy atom. The number of carbonyl (C=O) groups is 2. The van der Waals surface area contributed by atoms with Crippen LogP contribution in [0.5, 0.6) is 0 Å². The SMILES string of the molecule is O=C(C=Cc1ccccc1)NCC(=O)NCc1ccco1. The summed E-state index contributed by atoms with van der Waals surface area (Å²) < 4.78 is 5.08. The topological polar surface area (TPSA) is 71.3 Å². The van der Waals surface area contributed by atoms with E-state index in [0.717, 1.165) is 5.56 Å². The third-order valence-corrected chi connectivity index (χ3v) is 2.69. The Balaban J connectivity index is 1.68. The fraction of sp³-hybridized carbons (Fsp3) is 0.125. The number of rotatable bonds is 6. The molecule has 0 aliphatic carbocycles. The van der Waals surface area contributed by atoms with Crippen LogP contribution in [-0.2, 0) is 16.1 Å². The second kappa shape index (κ2) is 7.69. The molecule has 108 valence electrons. The van der Waals surface area contributed by atoms with E-state index in [-0.39, 0.29) is 18.4 Å². The Morgan fingerprint density at radius 2 is 1.86 bits per heavy atom. The van der Waals surface area contributed by atoms with Gasteiger partial charge in [0, 0.05) is 6.08 Å². The van der Waals surface area contributed by atoms with Crippen molar-refractivity contribution in [3.63, 3.8) is 0 Å². The summed E-state index contributed by atoms with van der Waals surface area (Å²) in [5.74, 6) is 0.0820. The Kier molecular flexibility index (Phi) is 5.34. The summed E-state index contributed by atoms with van der Waals surface area (Å²) in [6.45, 7) is 0.236. The zero-order valence-corrected chi connectivity index (χ0v) is 11.4. The summed E-state index contributed by atoms with van der Waals surface area (Å²) in [5.41, 5.74) is 0.926. The molecule has 0 aliphatic rings. The lowest BCUT2D eigenvalue weighted by Gasteiger charge is -2.03. The second-order valence-corrected chi connectivity index (χ2v) is 4.32. The maximum atomic E-state index is 11.6. The largest absolute Gasteiger partial charge is 0.467 e. The highest BCUT2D eigenvalue weighted by molar-refractivity contribution is 5.94. The molecular weight excluding hydrogens is 268 g/mol. The van der Waals surface area contributed by atoms with Crippen molar-refractivity contribution in [2.75, 3.05) is 6.54 Å². The summed E-state index contributed by atoms with van der Waals surface area (Å²) in [6, 6.07) is 13.0. The van der Waals surface area contributed by atoms with Gasteiger partial charge in [-0.05, 0) is 23.8 Å². The zero-order chi connectivity index (χ0) is 14.9. The van der Waals surface area contributed by atoms with Crippen molar-refractivity contribution in [3.8, 4) is 0 Å². The van der Waals surface area contributed by atoms with E-state index in [1.165, 1.54) is 12.3 Å². The monoisotopic (exact) mass is 284 g/mol. The Morgan fingerprint density at radius 3 is 2.57 bits per heavy atom. The highest BCUT2D eigenvalue weighted by Crippen LogP contribution is 2.00. The van der Waals surface area contributed by atoms with Gasteiger partial charge in [0.05, 0.1) is 19.4 Å². The number of hydrogen-bond donors (Lipinski definition) is 2. The van der Waals surface area contributed by atoms with Crippen LogP contribution in [0.1, 0.15) is 11.3 Å². The molecule has 21 heavy (non-hydrogen) atoms. The molecule has 0 fully saturated rings. The molecule has 2 amide bonds. The first kappa shape index (κ1) is 14.6. The Bertz CT molecular complexity index is 604. The first-order chi connectivity index (χ1) is 10.2. The lowest BCUT2D eigenvalue weighted by Crippen LogP contribution is -2.35. The van der Waals surface area contributed by atoms with Gasteiger partial charge in [0.25, 0.3) is 0 Å². The van der Waals surface area contributed by atoms with E-state index in [0.29, 0.717) is 12.3 Å². The van der Waals surface area contributed by atoms with Crippen LogP contribution in [0, 0.1) is 0 Å². The van der Waals surface area contributed by atoms with Crippen molar-refractivity contribution in [2.24, 2.45) is 0 Å². The van der Waals surface area contributed by atoms with Gasteiger partial charge in [0.2, 0.25) is 11.8 Å². The van der Waals surface area contributed by atoms with E-state index in [4.69, 9.17) is 4.42 Å². The molecule has 0 spiro atoms. The number of nitrogens with one attached hydrogen (secondary N) is 2. The van der Waals surface area contributed by atoms with Gasteiger partial charge in [0.1, 0.15) is 5.76 Å². The number of benzene rings is 1. The number of hydrogen-bond acceptors (Lipinski definition) is 3. The van der Waals surface area contributed by atoms with E-state index in [1.807, 2.05) is 30.3 Å². The van der Waals surface area contributed by atoms with Gasteiger partial charge >= 0.3 is 0 Å². The molecule has 0 atom stereocenters. The summed E-state index contributed by atoms with van der Waals surface area (Å²) in [4.78, 5) is 23.1. The van der Waals surface area contributed by atoms with E-state index >= 15 is 0 Å². The van der Waals surface area contributed by atoms with Crippen molar-refractivity contribution in [1.29, 1.82) is 0 Å². The third-order valence-electron chi connectivity index (χ3n) is 2.69. The van der Waals surface area contributed by atoms with E-state index in [1.54, 1.807) is 18.2 Å².